The Kier molecular flexibility index (Phi) is 5.26. The fourth-order valence-corrected chi connectivity index (χ4v) is 3.26. The lowest BCUT2D eigenvalue weighted by Crippen LogP contribution is -2.14. The Balaban J connectivity index is 1.83. The van der Waals surface area contributed by atoms with Crippen molar-refractivity contribution in [2.24, 2.45) is 0 Å². The number of aliphatic hydroxyl groups is 1. The summed E-state index contributed by atoms with van der Waals surface area (Å²) in [5.74, 6) is 0.275. The van der Waals surface area contributed by atoms with Crippen LogP contribution in [0.15, 0.2) is 65.3 Å². The molecule has 0 fully saturated rings. The molecule has 1 heterocycles. The third-order valence-electron chi connectivity index (χ3n) is 4.01. The summed E-state index contributed by atoms with van der Waals surface area (Å²) in [4.78, 5) is 4.44. The van der Waals surface area contributed by atoms with Crippen LogP contribution in [0.1, 0.15) is 17.9 Å². The van der Waals surface area contributed by atoms with Gasteiger partial charge in [-0.15, -0.1) is 0 Å². The summed E-state index contributed by atoms with van der Waals surface area (Å²) in [6, 6.07) is 18.4. The monoisotopic (exact) mass is 370 g/mol. The van der Waals surface area contributed by atoms with Crippen molar-refractivity contribution >= 4 is 32.5 Å². The van der Waals surface area contributed by atoms with Gasteiger partial charge in [-0.1, -0.05) is 42.5 Å². The molecule has 0 saturated heterocycles. The van der Waals surface area contributed by atoms with Gasteiger partial charge in [-0.25, -0.2) is 0 Å². The normalized spacial score (nSPS) is 12.3. The van der Waals surface area contributed by atoms with Crippen molar-refractivity contribution in [2.75, 3.05) is 18.5 Å². The number of aliphatic hydroxyl groups excluding tert-OH is 1. The highest BCUT2D eigenvalue weighted by atomic mass is 79.9. The zero-order valence-corrected chi connectivity index (χ0v) is 14.3. The van der Waals surface area contributed by atoms with E-state index in [1.807, 2.05) is 42.6 Å². The molecule has 3 rings (SSSR count). The highest BCUT2D eigenvalue weighted by Crippen LogP contribution is 2.28. The first-order valence-electron chi connectivity index (χ1n) is 7.72. The summed E-state index contributed by atoms with van der Waals surface area (Å²) in [5.41, 5.74) is 3.26. The van der Waals surface area contributed by atoms with Gasteiger partial charge in [0.15, 0.2) is 0 Å². The number of aromatic nitrogens is 1. The van der Waals surface area contributed by atoms with Crippen molar-refractivity contribution in [1.82, 2.24) is 4.98 Å². The third kappa shape index (κ3) is 3.71. The van der Waals surface area contributed by atoms with E-state index in [1.165, 1.54) is 5.56 Å². The molecule has 0 aliphatic rings. The first-order valence-corrected chi connectivity index (χ1v) is 8.52. The standard InChI is InChI=1S/C19H19BrN2O/c20-17-8-4-7-16-18(9-11-21-19(16)17)22-13-15(10-12-23)14-5-2-1-3-6-14/h1-9,11,15,23H,10,12-13H2,(H,21,22). The summed E-state index contributed by atoms with van der Waals surface area (Å²) in [5, 5.41) is 14.0. The predicted molar refractivity (Wildman–Crippen MR) is 98.8 cm³/mol. The van der Waals surface area contributed by atoms with Gasteiger partial charge in [0.2, 0.25) is 0 Å². The maximum absolute atomic E-state index is 9.36. The lowest BCUT2D eigenvalue weighted by Gasteiger charge is -2.18. The van der Waals surface area contributed by atoms with Gasteiger partial charge in [-0.3, -0.25) is 4.98 Å². The summed E-state index contributed by atoms with van der Waals surface area (Å²) in [6.45, 7) is 0.958. The molecular weight excluding hydrogens is 352 g/mol. The van der Waals surface area contributed by atoms with Crippen LogP contribution in [0.5, 0.6) is 0 Å². The van der Waals surface area contributed by atoms with E-state index in [1.54, 1.807) is 0 Å². The highest BCUT2D eigenvalue weighted by molar-refractivity contribution is 9.10. The third-order valence-corrected chi connectivity index (χ3v) is 4.65. The van der Waals surface area contributed by atoms with Gasteiger partial charge < -0.3 is 10.4 Å². The molecule has 0 spiro atoms. The summed E-state index contributed by atoms with van der Waals surface area (Å²) in [6.07, 6.45) is 2.56. The molecule has 118 valence electrons. The van der Waals surface area contributed by atoms with Crippen LogP contribution in [0.3, 0.4) is 0 Å². The van der Waals surface area contributed by atoms with E-state index >= 15 is 0 Å². The molecule has 1 aromatic heterocycles. The number of nitrogens with one attached hydrogen (secondary N) is 1. The van der Waals surface area contributed by atoms with Gasteiger partial charge in [-0.05, 0) is 40.0 Å². The van der Waals surface area contributed by atoms with Crippen LogP contribution in [0, 0.1) is 0 Å². The molecule has 0 amide bonds. The molecule has 0 bridgehead atoms. The molecule has 0 radical (unpaired) electrons. The van der Waals surface area contributed by atoms with Gasteiger partial charge in [0.05, 0.1) is 5.52 Å². The minimum Gasteiger partial charge on any atom is -0.396 e. The average molecular weight is 371 g/mol. The highest BCUT2D eigenvalue weighted by Gasteiger charge is 2.12. The molecule has 4 heteroatoms. The topological polar surface area (TPSA) is 45.1 Å². The van der Waals surface area contributed by atoms with Gasteiger partial charge >= 0.3 is 0 Å². The van der Waals surface area contributed by atoms with Crippen molar-refractivity contribution in [3.63, 3.8) is 0 Å². The number of hydrogen-bond acceptors (Lipinski definition) is 3. The number of hydrogen-bond donors (Lipinski definition) is 2. The number of rotatable bonds is 6. The Morgan fingerprint density at radius 1 is 1.04 bits per heavy atom. The van der Waals surface area contributed by atoms with Crippen molar-refractivity contribution in [1.29, 1.82) is 0 Å². The van der Waals surface area contributed by atoms with Crippen LogP contribution in [0.2, 0.25) is 0 Å². The predicted octanol–water partition coefficient (Wildman–Crippen LogP) is 4.58. The molecule has 3 aromatic rings. The van der Waals surface area contributed by atoms with Gasteiger partial charge in [0.1, 0.15) is 0 Å². The van der Waals surface area contributed by atoms with E-state index in [-0.39, 0.29) is 12.5 Å². The summed E-state index contributed by atoms with van der Waals surface area (Å²) >= 11 is 3.55. The second kappa shape index (κ2) is 7.57. The maximum atomic E-state index is 9.36. The van der Waals surface area contributed by atoms with Crippen LogP contribution < -0.4 is 5.32 Å². The van der Waals surface area contributed by atoms with E-state index in [4.69, 9.17) is 0 Å². The fourth-order valence-electron chi connectivity index (χ4n) is 2.79. The van der Waals surface area contributed by atoms with Crippen molar-refractivity contribution in [3.8, 4) is 0 Å². The molecule has 0 aliphatic heterocycles. The van der Waals surface area contributed by atoms with E-state index in [2.05, 4.69) is 44.4 Å². The van der Waals surface area contributed by atoms with Crippen LogP contribution in [-0.2, 0) is 0 Å². The number of nitrogens with zero attached hydrogens (tertiary/aromatic N) is 1. The second-order valence-electron chi connectivity index (χ2n) is 5.50. The zero-order chi connectivity index (χ0) is 16.1. The Morgan fingerprint density at radius 2 is 1.87 bits per heavy atom. The maximum Gasteiger partial charge on any atom is 0.0864 e. The van der Waals surface area contributed by atoms with Crippen LogP contribution in [-0.4, -0.2) is 23.2 Å². The Bertz CT molecular complexity index is 777. The fraction of sp³-hybridized carbons (Fsp3) is 0.211. The first-order chi connectivity index (χ1) is 11.3. The largest absolute Gasteiger partial charge is 0.396 e. The molecule has 0 aliphatic carbocycles. The quantitative estimate of drug-likeness (QED) is 0.667. The Hall–Kier alpha value is -1.91. The second-order valence-corrected chi connectivity index (χ2v) is 6.35. The molecule has 0 saturated carbocycles. The average Bonchev–Trinajstić information content (AvgIpc) is 2.60. The van der Waals surface area contributed by atoms with Gasteiger partial charge in [-0.2, -0.15) is 0 Å². The number of para-hydroxylation sites is 1. The van der Waals surface area contributed by atoms with Crippen molar-refractivity contribution < 1.29 is 5.11 Å². The van der Waals surface area contributed by atoms with Gasteiger partial charge in [0, 0.05) is 40.8 Å². The molecule has 2 aromatic carbocycles. The molecule has 1 unspecified atom stereocenters. The lowest BCUT2D eigenvalue weighted by molar-refractivity contribution is 0.277. The molecule has 2 N–H and O–H groups in total. The van der Waals surface area contributed by atoms with Crippen LogP contribution in [0.4, 0.5) is 5.69 Å². The number of pyridine rings is 1. The molecule has 23 heavy (non-hydrogen) atoms. The van der Waals surface area contributed by atoms with E-state index < -0.39 is 0 Å². The first kappa shape index (κ1) is 16.0. The smallest absolute Gasteiger partial charge is 0.0864 e. The van der Waals surface area contributed by atoms with Gasteiger partial charge in [0.25, 0.3) is 0 Å². The Labute approximate surface area is 144 Å². The number of halogens is 1. The number of benzene rings is 2. The minimum absolute atomic E-state index is 0.184. The SMILES string of the molecule is OCCC(CNc1ccnc2c(Br)cccc12)c1ccccc1. The van der Waals surface area contributed by atoms with E-state index in [9.17, 15) is 5.11 Å². The summed E-state index contributed by atoms with van der Waals surface area (Å²) in [7, 11) is 0. The Morgan fingerprint density at radius 3 is 2.65 bits per heavy atom. The number of anilines is 1. The molecule has 3 nitrogen and oxygen atoms in total. The molecule has 1 atom stereocenters. The molecular formula is C19H19BrN2O. The van der Waals surface area contributed by atoms with Crippen LogP contribution in [0.25, 0.3) is 10.9 Å². The number of fused-ring (bicyclic) bond motifs is 1. The van der Waals surface area contributed by atoms with Crippen LogP contribution >= 0.6 is 15.9 Å². The minimum atomic E-state index is 0.184. The van der Waals surface area contributed by atoms with Crippen molar-refractivity contribution in [2.45, 2.75) is 12.3 Å². The van der Waals surface area contributed by atoms with E-state index in [0.29, 0.717) is 0 Å². The zero-order valence-electron chi connectivity index (χ0n) is 12.7. The summed E-state index contributed by atoms with van der Waals surface area (Å²) < 4.78 is 0.994. The van der Waals surface area contributed by atoms with E-state index in [0.717, 1.165) is 34.0 Å². The van der Waals surface area contributed by atoms with Crippen molar-refractivity contribution in [3.05, 3.63) is 70.8 Å². The lowest BCUT2D eigenvalue weighted by atomic mass is 9.96.